The second-order valence-electron chi connectivity index (χ2n) is 6.83. The van der Waals surface area contributed by atoms with Gasteiger partial charge in [-0.25, -0.2) is 4.68 Å². The van der Waals surface area contributed by atoms with E-state index in [0.29, 0.717) is 11.5 Å². The lowest BCUT2D eigenvalue weighted by Gasteiger charge is -2.33. The van der Waals surface area contributed by atoms with Crippen LogP contribution >= 0.6 is 0 Å². The van der Waals surface area contributed by atoms with Crippen molar-refractivity contribution in [2.75, 3.05) is 13.1 Å². The second-order valence-corrected chi connectivity index (χ2v) is 6.83. The van der Waals surface area contributed by atoms with Gasteiger partial charge in [0.05, 0.1) is 23.1 Å². The highest BCUT2D eigenvalue weighted by atomic mass is 16.2. The Morgan fingerprint density at radius 1 is 1.25 bits per heavy atom. The van der Waals surface area contributed by atoms with Crippen molar-refractivity contribution in [2.24, 2.45) is 11.7 Å². The number of nitrogens with zero attached hydrogens (tertiary/aromatic N) is 3. The van der Waals surface area contributed by atoms with Crippen molar-refractivity contribution in [1.29, 1.82) is 0 Å². The number of nitrogens with two attached hydrogens (primary N) is 1. The van der Waals surface area contributed by atoms with Crippen LogP contribution in [0.5, 0.6) is 0 Å². The number of hydrogen-bond acceptors (Lipinski definition) is 3. The molecule has 5 heteroatoms. The first-order valence-electron chi connectivity index (χ1n) is 8.64. The smallest absolute Gasteiger partial charge is 0.257 e. The van der Waals surface area contributed by atoms with E-state index in [0.717, 1.165) is 42.9 Å². The predicted molar refractivity (Wildman–Crippen MR) is 95.3 cm³/mol. The highest BCUT2D eigenvalue weighted by Gasteiger charge is 2.27. The molecule has 1 aromatic carbocycles. The van der Waals surface area contributed by atoms with Crippen LogP contribution in [0.15, 0.2) is 30.5 Å². The summed E-state index contributed by atoms with van der Waals surface area (Å²) in [5.74, 6) is 0.597. The number of carbonyl (C=O) groups is 1. The van der Waals surface area contributed by atoms with Gasteiger partial charge in [-0.2, -0.15) is 5.10 Å². The molecule has 2 aromatic rings. The fourth-order valence-corrected chi connectivity index (χ4v) is 3.46. The molecule has 3 rings (SSSR count). The Bertz CT molecular complexity index is 727. The molecule has 1 amide bonds. The van der Waals surface area contributed by atoms with Crippen LogP contribution in [0.3, 0.4) is 0 Å². The lowest BCUT2D eigenvalue weighted by atomic mass is 9.91. The fourth-order valence-electron chi connectivity index (χ4n) is 3.46. The monoisotopic (exact) mass is 326 g/mol. The van der Waals surface area contributed by atoms with Crippen LogP contribution in [0.1, 0.15) is 41.4 Å². The van der Waals surface area contributed by atoms with Crippen LogP contribution in [0.2, 0.25) is 0 Å². The van der Waals surface area contributed by atoms with Crippen molar-refractivity contribution >= 4 is 5.91 Å². The average molecular weight is 326 g/mol. The third-order valence-electron chi connectivity index (χ3n) is 5.15. The molecule has 2 heterocycles. The minimum absolute atomic E-state index is 0.0791. The number of carbonyl (C=O) groups excluding carboxylic acids is 1. The van der Waals surface area contributed by atoms with Crippen LogP contribution in [-0.4, -0.2) is 39.7 Å². The van der Waals surface area contributed by atoms with Gasteiger partial charge in [-0.05, 0) is 51.2 Å². The molecule has 1 unspecified atom stereocenters. The van der Waals surface area contributed by atoms with Crippen LogP contribution < -0.4 is 5.73 Å². The van der Waals surface area contributed by atoms with Crippen molar-refractivity contribution in [2.45, 2.75) is 39.7 Å². The highest BCUT2D eigenvalue weighted by Crippen LogP contribution is 2.23. The van der Waals surface area contributed by atoms with Crippen LogP contribution in [0, 0.1) is 19.8 Å². The topological polar surface area (TPSA) is 64.2 Å². The highest BCUT2D eigenvalue weighted by molar-refractivity contribution is 5.95. The Hall–Kier alpha value is -2.14. The maximum atomic E-state index is 12.9. The van der Waals surface area contributed by atoms with Gasteiger partial charge in [0, 0.05) is 19.1 Å². The van der Waals surface area contributed by atoms with E-state index in [2.05, 4.69) is 25.0 Å². The molecular weight excluding hydrogens is 300 g/mol. The number of benzene rings is 1. The van der Waals surface area contributed by atoms with E-state index in [4.69, 9.17) is 5.73 Å². The molecule has 0 saturated carbocycles. The summed E-state index contributed by atoms with van der Waals surface area (Å²) in [5, 5.41) is 4.46. The van der Waals surface area contributed by atoms with E-state index in [-0.39, 0.29) is 11.9 Å². The maximum Gasteiger partial charge on any atom is 0.257 e. The molecule has 1 atom stereocenters. The molecule has 24 heavy (non-hydrogen) atoms. The minimum atomic E-state index is 0.0791. The molecule has 1 fully saturated rings. The van der Waals surface area contributed by atoms with Gasteiger partial charge < -0.3 is 10.6 Å². The van der Waals surface area contributed by atoms with Crippen molar-refractivity contribution in [3.8, 4) is 5.69 Å². The SMILES string of the molecule is Cc1ccccc1-n1ncc(C(=O)N2CCC(C(C)N)CC2)c1C. The van der Waals surface area contributed by atoms with Crippen molar-refractivity contribution in [3.63, 3.8) is 0 Å². The summed E-state index contributed by atoms with van der Waals surface area (Å²) in [6.07, 6.45) is 3.66. The Morgan fingerprint density at radius 3 is 2.54 bits per heavy atom. The van der Waals surface area contributed by atoms with Gasteiger partial charge in [-0.15, -0.1) is 0 Å². The standard InChI is InChI=1S/C19H26N4O/c1-13-6-4-5-7-18(13)23-15(3)17(12-21-23)19(24)22-10-8-16(9-11-22)14(2)20/h4-7,12,14,16H,8-11,20H2,1-3H3. The molecule has 0 spiro atoms. The molecule has 1 aliphatic heterocycles. The number of rotatable bonds is 3. The number of aryl methyl sites for hydroxylation is 1. The lowest BCUT2D eigenvalue weighted by Crippen LogP contribution is -2.42. The fraction of sp³-hybridized carbons (Fsp3) is 0.474. The first-order chi connectivity index (χ1) is 11.5. The average Bonchev–Trinajstić information content (AvgIpc) is 2.96. The third kappa shape index (κ3) is 3.08. The Balaban J connectivity index is 1.79. The van der Waals surface area contributed by atoms with Crippen molar-refractivity contribution < 1.29 is 4.79 Å². The minimum Gasteiger partial charge on any atom is -0.339 e. The van der Waals surface area contributed by atoms with Gasteiger partial charge in [0.1, 0.15) is 0 Å². The van der Waals surface area contributed by atoms with Gasteiger partial charge in [0.25, 0.3) is 5.91 Å². The van der Waals surface area contributed by atoms with Crippen molar-refractivity contribution in [1.82, 2.24) is 14.7 Å². The van der Waals surface area contributed by atoms with E-state index in [1.165, 1.54) is 0 Å². The molecular formula is C19H26N4O. The zero-order valence-corrected chi connectivity index (χ0v) is 14.7. The number of piperidine rings is 1. The summed E-state index contributed by atoms with van der Waals surface area (Å²) >= 11 is 0. The molecule has 1 saturated heterocycles. The quantitative estimate of drug-likeness (QED) is 0.943. The number of hydrogen-bond donors (Lipinski definition) is 1. The van der Waals surface area contributed by atoms with E-state index < -0.39 is 0 Å². The molecule has 1 aromatic heterocycles. The summed E-state index contributed by atoms with van der Waals surface area (Å²) in [4.78, 5) is 14.8. The number of aromatic nitrogens is 2. The third-order valence-corrected chi connectivity index (χ3v) is 5.15. The summed E-state index contributed by atoms with van der Waals surface area (Å²) in [6, 6.07) is 8.28. The van der Waals surface area contributed by atoms with E-state index in [1.807, 2.05) is 34.7 Å². The molecule has 0 aliphatic carbocycles. The molecule has 0 bridgehead atoms. The van der Waals surface area contributed by atoms with Gasteiger partial charge >= 0.3 is 0 Å². The van der Waals surface area contributed by atoms with E-state index >= 15 is 0 Å². The number of para-hydroxylation sites is 1. The molecule has 128 valence electrons. The Morgan fingerprint density at radius 2 is 1.92 bits per heavy atom. The number of amides is 1. The van der Waals surface area contributed by atoms with Crippen LogP contribution in [0.4, 0.5) is 0 Å². The normalized spacial score (nSPS) is 17.1. The van der Waals surface area contributed by atoms with Gasteiger partial charge in [0.15, 0.2) is 0 Å². The zero-order valence-electron chi connectivity index (χ0n) is 14.7. The van der Waals surface area contributed by atoms with Gasteiger partial charge in [-0.3, -0.25) is 4.79 Å². The molecule has 5 nitrogen and oxygen atoms in total. The first kappa shape index (κ1) is 16.7. The summed E-state index contributed by atoms with van der Waals surface area (Å²) in [6.45, 7) is 7.62. The Kier molecular flexibility index (Phi) is 4.71. The lowest BCUT2D eigenvalue weighted by molar-refractivity contribution is 0.0680. The van der Waals surface area contributed by atoms with Gasteiger partial charge in [0.2, 0.25) is 0 Å². The maximum absolute atomic E-state index is 12.9. The Labute approximate surface area is 143 Å². The van der Waals surface area contributed by atoms with Crippen LogP contribution in [-0.2, 0) is 0 Å². The molecule has 0 radical (unpaired) electrons. The molecule has 1 aliphatic rings. The predicted octanol–water partition coefficient (Wildman–Crippen LogP) is 2.69. The van der Waals surface area contributed by atoms with Crippen molar-refractivity contribution in [3.05, 3.63) is 47.3 Å². The summed E-state index contributed by atoms with van der Waals surface area (Å²) in [5.41, 5.74) is 9.73. The zero-order chi connectivity index (χ0) is 17.3. The largest absolute Gasteiger partial charge is 0.339 e. The number of likely N-dealkylation sites (tertiary alicyclic amines) is 1. The van der Waals surface area contributed by atoms with Gasteiger partial charge in [-0.1, -0.05) is 18.2 Å². The summed E-state index contributed by atoms with van der Waals surface area (Å²) < 4.78 is 1.86. The van der Waals surface area contributed by atoms with Crippen LogP contribution in [0.25, 0.3) is 5.69 Å². The molecule has 2 N–H and O–H groups in total. The summed E-state index contributed by atoms with van der Waals surface area (Å²) in [7, 11) is 0. The van der Waals surface area contributed by atoms with E-state index in [1.54, 1.807) is 6.20 Å². The van der Waals surface area contributed by atoms with E-state index in [9.17, 15) is 4.79 Å². The first-order valence-corrected chi connectivity index (χ1v) is 8.64. The second kappa shape index (κ2) is 6.77.